The third-order valence-corrected chi connectivity index (χ3v) is 5.08. The van der Waals surface area contributed by atoms with E-state index in [2.05, 4.69) is 16.2 Å². The highest BCUT2D eigenvalue weighted by Crippen LogP contribution is 2.30. The summed E-state index contributed by atoms with van der Waals surface area (Å²) in [6.07, 6.45) is 6.59. The maximum atomic E-state index is 13.0. The highest BCUT2D eigenvalue weighted by Gasteiger charge is 2.21. The lowest BCUT2D eigenvalue weighted by Crippen LogP contribution is -2.07. The van der Waals surface area contributed by atoms with E-state index >= 15 is 0 Å². The number of hydrogen-bond acceptors (Lipinski definition) is 3. The van der Waals surface area contributed by atoms with Crippen molar-refractivity contribution in [2.24, 2.45) is 7.05 Å². The Hall–Kier alpha value is -1.81. The zero-order valence-corrected chi connectivity index (χ0v) is 16.7. The van der Waals surface area contributed by atoms with Crippen LogP contribution in [-0.4, -0.2) is 23.4 Å². The Kier molecular flexibility index (Phi) is 7.70. The van der Waals surface area contributed by atoms with Crippen molar-refractivity contribution in [2.45, 2.75) is 58.3 Å². The lowest BCUT2D eigenvalue weighted by atomic mass is 9.99. The first-order valence-corrected chi connectivity index (χ1v) is 9.74. The molecular weight excluding hydrogens is 350 g/mol. The summed E-state index contributed by atoms with van der Waals surface area (Å²) in [6, 6.07) is 5.70. The number of carbonyl (C=O) groups is 2. The smallest absolute Gasteiger partial charge is 0.305 e. The number of methoxy groups -OCH3 is 1. The molecule has 2 aromatic rings. The fourth-order valence-electron chi connectivity index (χ4n) is 3.41. The van der Waals surface area contributed by atoms with Gasteiger partial charge in [0.15, 0.2) is 5.78 Å². The number of aromatic nitrogens is 1. The zero-order valence-electron chi connectivity index (χ0n) is 15.9. The number of esters is 1. The Labute approximate surface area is 160 Å². The molecule has 0 saturated heterocycles. The van der Waals surface area contributed by atoms with E-state index in [1.54, 1.807) is 0 Å². The van der Waals surface area contributed by atoms with Gasteiger partial charge < -0.3 is 9.30 Å². The molecule has 0 radical (unpaired) electrons. The van der Waals surface area contributed by atoms with Crippen molar-refractivity contribution in [3.63, 3.8) is 0 Å². The molecule has 0 spiro atoms. The second-order valence-electron chi connectivity index (χ2n) is 6.71. The highest BCUT2D eigenvalue weighted by molar-refractivity contribution is 6.31. The maximum absolute atomic E-state index is 13.0. The summed E-state index contributed by atoms with van der Waals surface area (Å²) < 4.78 is 6.77. The number of benzene rings is 1. The van der Waals surface area contributed by atoms with Crippen LogP contribution in [0, 0.1) is 0 Å². The molecule has 142 valence electrons. The van der Waals surface area contributed by atoms with Crippen molar-refractivity contribution < 1.29 is 14.3 Å². The zero-order chi connectivity index (χ0) is 19.1. The van der Waals surface area contributed by atoms with Gasteiger partial charge in [0.1, 0.15) is 0 Å². The third kappa shape index (κ3) is 4.88. The second-order valence-corrected chi connectivity index (χ2v) is 7.14. The van der Waals surface area contributed by atoms with Crippen molar-refractivity contribution in [1.82, 2.24) is 4.57 Å². The summed E-state index contributed by atoms with van der Waals surface area (Å²) in [4.78, 5) is 24.3. The number of ether oxygens (including phenoxy) is 1. The van der Waals surface area contributed by atoms with Gasteiger partial charge in [0.25, 0.3) is 0 Å². The minimum absolute atomic E-state index is 0.0762. The molecule has 26 heavy (non-hydrogen) atoms. The van der Waals surface area contributed by atoms with Crippen LogP contribution in [0.1, 0.15) is 67.9 Å². The first kappa shape index (κ1) is 20.5. The minimum Gasteiger partial charge on any atom is -0.469 e. The van der Waals surface area contributed by atoms with Gasteiger partial charge in [-0.3, -0.25) is 9.59 Å². The van der Waals surface area contributed by atoms with Crippen LogP contribution in [0.25, 0.3) is 10.9 Å². The van der Waals surface area contributed by atoms with Crippen molar-refractivity contribution in [2.75, 3.05) is 7.11 Å². The summed E-state index contributed by atoms with van der Waals surface area (Å²) >= 11 is 6.19. The van der Waals surface area contributed by atoms with Gasteiger partial charge in [-0.05, 0) is 37.5 Å². The minimum atomic E-state index is -0.279. The van der Waals surface area contributed by atoms with Crippen LogP contribution in [0.5, 0.6) is 0 Å². The van der Waals surface area contributed by atoms with Crippen LogP contribution in [0.4, 0.5) is 0 Å². The van der Waals surface area contributed by atoms with Crippen LogP contribution in [0.15, 0.2) is 18.2 Å². The highest BCUT2D eigenvalue weighted by atomic mass is 35.5. The van der Waals surface area contributed by atoms with Gasteiger partial charge in [-0.1, -0.05) is 37.8 Å². The SMILES string of the molecule is CCCCCCc1c(C(=O)CCCC(=O)OC)c2cc(Cl)ccc2n1C. The summed E-state index contributed by atoms with van der Waals surface area (Å²) in [7, 11) is 3.38. The quantitative estimate of drug-likeness (QED) is 0.313. The number of Topliss-reactive ketones (excluding diaryl/α,β-unsaturated/α-hetero) is 1. The third-order valence-electron chi connectivity index (χ3n) is 4.84. The normalized spacial score (nSPS) is 11.1. The number of ketones is 1. The van der Waals surface area contributed by atoms with Gasteiger partial charge in [0.2, 0.25) is 0 Å². The molecule has 5 heteroatoms. The van der Waals surface area contributed by atoms with Crippen LogP contribution < -0.4 is 0 Å². The summed E-state index contributed by atoms with van der Waals surface area (Å²) in [6.45, 7) is 2.19. The molecule has 0 saturated carbocycles. The molecule has 1 aromatic carbocycles. The van der Waals surface area contributed by atoms with Crippen molar-refractivity contribution in [3.8, 4) is 0 Å². The molecule has 4 nitrogen and oxygen atoms in total. The largest absolute Gasteiger partial charge is 0.469 e. The van der Waals surface area contributed by atoms with Gasteiger partial charge >= 0.3 is 5.97 Å². The number of unbranched alkanes of at least 4 members (excludes halogenated alkanes) is 3. The Bertz CT molecular complexity index is 779. The molecule has 0 atom stereocenters. The number of carbonyl (C=O) groups excluding carboxylic acids is 2. The number of aryl methyl sites for hydroxylation is 1. The van der Waals surface area contributed by atoms with E-state index in [9.17, 15) is 9.59 Å². The van der Waals surface area contributed by atoms with Crippen LogP contribution in [0.2, 0.25) is 5.02 Å². The van der Waals surface area contributed by atoms with Crippen molar-refractivity contribution in [3.05, 3.63) is 34.5 Å². The molecule has 0 aliphatic rings. The lowest BCUT2D eigenvalue weighted by molar-refractivity contribution is -0.140. The van der Waals surface area contributed by atoms with E-state index in [0.717, 1.165) is 41.4 Å². The Morgan fingerprint density at radius 3 is 2.58 bits per heavy atom. The van der Waals surface area contributed by atoms with E-state index in [0.29, 0.717) is 17.9 Å². The lowest BCUT2D eigenvalue weighted by Gasteiger charge is -2.08. The number of nitrogens with zero attached hydrogens (tertiary/aromatic N) is 1. The Morgan fingerprint density at radius 2 is 1.88 bits per heavy atom. The van der Waals surface area contributed by atoms with E-state index in [-0.39, 0.29) is 18.2 Å². The van der Waals surface area contributed by atoms with E-state index in [4.69, 9.17) is 11.6 Å². The molecular formula is C21H28ClNO3. The predicted molar refractivity (Wildman–Crippen MR) is 106 cm³/mol. The molecule has 2 rings (SSSR count). The van der Waals surface area contributed by atoms with E-state index in [1.807, 2.05) is 25.2 Å². The molecule has 0 N–H and O–H groups in total. The van der Waals surface area contributed by atoms with E-state index < -0.39 is 0 Å². The number of fused-ring (bicyclic) bond motifs is 1. The molecule has 0 unspecified atom stereocenters. The Balaban J connectivity index is 2.29. The molecule has 1 aromatic heterocycles. The Morgan fingerprint density at radius 1 is 1.12 bits per heavy atom. The summed E-state index contributed by atoms with van der Waals surface area (Å²) in [5.41, 5.74) is 2.86. The van der Waals surface area contributed by atoms with Crippen LogP contribution >= 0.6 is 11.6 Å². The fourth-order valence-corrected chi connectivity index (χ4v) is 3.59. The number of rotatable bonds is 10. The van der Waals surface area contributed by atoms with Gasteiger partial charge in [0.05, 0.1) is 7.11 Å². The fraction of sp³-hybridized carbons (Fsp3) is 0.524. The van der Waals surface area contributed by atoms with Crippen LogP contribution in [0.3, 0.4) is 0 Å². The average Bonchev–Trinajstić information content (AvgIpc) is 2.89. The van der Waals surface area contributed by atoms with Crippen molar-refractivity contribution >= 4 is 34.3 Å². The molecule has 0 amide bonds. The second kappa shape index (κ2) is 9.77. The molecule has 0 aliphatic carbocycles. The van der Waals surface area contributed by atoms with Crippen LogP contribution in [-0.2, 0) is 23.0 Å². The predicted octanol–water partition coefficient (Wildman–Crippen LogP) is 5.48. The average molecular weight is 378 g/mol. The number of halogens is 1. The van der Waals surface area contributed by atoms with Gasteiger partial charge in [-0.2, -0.15) is 0 Å². The first-order chi connectivity index (χ1) is 12.5. The maximum Gasteiger partial charge on any atom is 0.305 e. The van der Waals surface area contributed by atoms with Gasteiger partial charge in [-0.15, -0.1) is 0 Å². The van der Waals surface area contributed by atoms with Crippen molar-refractivity contribution in [1.29, 1.82) is 0 Å². The summed E-state index contributed by atoms with van der Waals surface area (Å²) in [5.74, 6) is -0.203. The topological polar surface area (TPSA) is 48.3 Å². The molecule has 0 aliphatic heterocycles. The van der Waals surface area contributed by atoms with Gasteiger partial charge in [-0.25, -0.2) is 0 Å². The summed E-state index contributed by atoms with van der Waals surface area (Å²) in [5, 5.41) is 1.54. The molecule has 0 bridgehead atoms. The number of hydrogen-bond donors (Lipinski definition) is 0. The van der Waals surface area contributed by atoms with E-state index in [1.165, 1.54) is 20.0 Å². The standard InChI is InChI=1S/C21H28ClNO3/c1-4-5-6-7-9-18-21(19(24)10-8-11-20(25)26-3)16-14-15(22)12-13-17(16)23(18)2/h12-14H,4-11H2,1-3H3. The monoisotopic (exact) mass is 377 g/mol. The molecule has 1 heterocycles. The van der Waals surface area contributed by atoms with Gasteiger partial charge in [0, 0.05) is 47.1 Å². The molecule has 0 fully saturated rings. The first-order valence-electron chi connectivity index (χ1n) is 9.36.